The van der Waals surface area contributed by atoms with Crippen molar-refractivity contribution in [2.75, 3.05) is 13.2 Å². The van der Waals surface area contributed by atoms with Gasteiger partial charge in [-0.2, -0.15) is 0 Å². The molecule has 2 heteroatoms. The highest BCUT2D eigenvalue weighted by Gasteiger charge is 2.27. The SMILES string of the molecule is CC1CCCC(NCCOC2CCC(C)(C)CC2)C1. The molecule has 112 valence electrons. The average molecular weight is 267 g/mol. The van der Waals surface area contributed by atoms with Crippen LogP contribution < -0.4 is 5.32 Å². The van der Waals surface area contributed by atoms with Gasteiger partial charge >= 0.3 is 0 Å². The molecule has 2 atom stereocenters. The number of rotatable bonds is 5. The molecule has 0 aromatic carbocycles. The zero-order chi connectivity index (χ0) is 13.7. The lowest BCUT2D eigenvalue weighted by Crippen LogP contribution is -2.36. The Morgan fingerprint density at radius 1 is 1.11 bits per heavy atom. The van der Waals surface area contributed by atoms with Gasteiger partial charge in [0.05, 0.1) is 12.7 Å². The van der Waals surface area contributed by atoms with Gasteiger partial charge in [-0.3, -0.25) is 0 Å². The molecule has 0 aliphatic heterocycles. The van der Waals surface area contributed by atoms with Crippen molar-refractivity contribution in [3.63, 3.8) is 0 Å². The Hall–Kier alpha value is -0.0800. The predicted molar refractivity (Wildman–Crippen MR) is 81.4 cm³/mol. The summed E-state index contributed by atoms with van der Waals surface area (Å²) < 4.78 is 6.03. The standard InChI is InChI=1S/C17H33NO/c1-14-5-4-6-15(13-14)18-11-12-19-16-7-9-17(2,3)10-8-16/h14-16,18H,4-13H2,1-3H3. The van der Waals surface area contributed by atoms with Gasteiger partial charge in [0, 0.05) is 12.6 Å². The molecule has 2 unspecified atom stereocenters. The summed E-state index contributed by atoms with van der Waals surface area (Å²) in [5.41, 5.74) is 0.552. The van der Waals surface area contributed by atoms with Crippen LogP contribution >= 0.6 is 0 Å². The van der Waals surface area contributed by atoms with Crippen LogP contribution in [0.15, 0.2) is 0 Å². The van der Waals surface area contributed by atoms with Crippen LogP contribution in [0.5, 0.6) is 0 Å². The van der Waals surface area contributed by atoms with Gasteiger partial charge in [-0.1, -0.05) is 33.6 Å². The third kappa shape index (κ3) is 5.43. The molecule has 0 heterocycles. The Balaban J connectivity index is 1.52. The van der Waals surface area contributed by atoms with E-state index in [0.717, 1.165) is 25.1 Å². The van der Waals surface area contributed by atoms with Crippen LogP contribution in [0.4, 0.5) is 0 Å². The molecule has 19 heavy (non-hydrogen) atoms. The number of hydrogen-bond donors (Lipinski definition) is 1. The fourth-order valence-corrected chi connectivity index (χ4v) is 3.65. The Labute approximate surface area is 119 Å². The fraction of sp³-hybridized carbons (Fsp3) is 1.00. The molecule has 0 radical (unpaired) electrons. The van der Waals surface area contributed by atoms with Gasteiger partial charge in [-0.05, 0) is 49.9 Å². The molecule has 0 spiro atoms. The molecule has 0 bridgehead atoms. The second-order valence-electron chi connectivity index (χ2n) is 7.66. The lowest BCUT2D eigenvalue weighted by Gasteiger charge is -2.34. The van der Waals surface area contributed by atoms with E-state index in [9.17, 15) is 0 Å². The molecule has 0 aromatic rings. The quantitative estimate of drug-likeness (QED) is 0.756. The highest BCUT2D eigenvalue weighted by atomic mass is 16.5. The minimum absolute atomic E-state index is 0.528. The summed E-state index contributed by atoms with van der Waals surface area (Å²) >= 11 is 0. The summed E-state index contributed by atoms with van der Waals surface area (Å²) in [6.07, 6.45) is 11.2. The third-order valence-corrected chi connectivity index (χ3v) is 5.11. The second kappa shape index (κ2) is 7.08. The topological polar surface area (TPSA) is 21.3 Å². The number of nitrogens with one attached hydrogen (secondary N) is 1. The molecule has 0 saturated heterocycles. The van der Waals surface area contributed by atoms with Crippen molar-refractivity contribution in [2.45, 2.75) is 84.3 Å². The van der Waals surface area contributed by atoms with E-state index in [2.05, 4.69) is 26.1 Å². The zero-order valence-corrected chi connectivity index (χ0v) is 13.2. The van der Waals surface area contributed by atoms with Crippen LogP contribution in [0.1, 0.15) is 72.1 Å². The summed E-state index contributed by atoms with van der Waals surface area (Å²) in [5, 5.41) is 3.68. The van der Waals surface area contributed by atoms with Crippen LogP contribution in [0.25, 0.3) is 0 Å². The lowest BCUT2D eigenvalue weighted by molar-refractivity contribution is 0.00485. The van der Waals surface area contributed by atoms with Crippen LogP contribution in [0.2, 0.25) is 0 Å². The van der Waals surface area contributed by atoms with Crippen molar-refractivity contribution in [1.82, 2.24) is 5.32 Å². The average Bonchev–Trinajstić information content (AvgIpc) is 2.36. The van der Waals surface area contributed by atoms with Crippen molar-refractivity contribution >= 4 is 0 Å². The van der Waals surface area contributed by atoms with Gasteiger partial charge in [0.2, 0.25) is 0 Å². The van der Waals surface area contributed by atoms with Crippen LogP contribution in [0, 0.1) is 11.3 Å². The number of hydrogen-bond acceptors (Lipinski definition) is 2. The molecule has 2 aliphatic rings. The first kappa shape index (κ1) is 15.3. The zero-order valence-electron chi connectivity index (χ0n) is 13.2. The highest BCUT2D eigenvalue weighted by molar-refractivity contribution is 4.79. The van der Waals surface area contributed by atoms with Crippen molar-refractivity contribution in [3.8, 4) is 0 Å². The van der Waals surface area contributed by atoms with Gasteiger partial charge in [-0.15, -0.1) is 0 Å². The lowest BCUT2D eigenvalue weighted by atomic mass is 9.76. The molecule has 2 fully saturated rings. The van der Waals surface area contributed by atoms with Gasteiger partial charge in [-0.25, -0.2) is 0 Å². The largest absolute Gasteiger partial charge is 0.377 e. The second-order valence-corrected chi connectivity index (χ2v) is 7.66. The molecule has 2 rings (SSSR count). The molecule has 2 aliphatic carbocycles. The smallest absolute Gasteiger partial charge is 0.0594 e. The van der Waals surface area contributed by atoms with Crippen LogP contribution in [-0.2, 0) is 4.74 Å². The maximum Gasteiger partial charge on any atom is 0.0594 e. The maximum absolute atomic E-state index is 6.03. The monoisotopic (exact) mass is 267 g/mol. The Morgan fingerprint density at radius 2 is 1.84 bits per heavy atom. The van der Waals surface area contributed by atoms with E-state index in [1.54, 1.807) is 0 Å². The fourth-order valence-electron chi connectivity index (χ4n) is 3.65. The number of ether oxygens (including phenoxy) is 1. The highest BCUT2D eigenvalue weighted by Crippen LogP contribution is 2.36. The third-order valence-electron chi connectivity index (χ3n) is 5.11. The van der Waals surface area contributed by atoms with Crippen LogP contribution in [0.3, 0.4) is 0 Å². The van der Waals surface area contributed by atoms with Crippen molar-refractivity contribution in [1.29, 1.82) is 0 Å². The first-order chi connectivity index (χ1) is 9.05. The van der Waals surface area contributed by atoms with Gasteiger partial charge < -0.3 is 10.1 Å². The van der Waals surface area contributed by atoms with Crippen molar-refractivity contribution in [2.24, 2.45) is 11.3 Å². The Morgan fingerprint density at radius 3 is 2.53 bits per heavy atom. The van der Waals surface area contributed by atoms with E-state index in [0.29, 0.717) is 11.5 Å². The molecular weight excluding hydrogens is 234 g/mol. The molecule has 0 aromatic heterocycles. The van der Waals surface area contributed by atoms with Gasteiger partial charge in [0.25, 0.3) is 0 Å². The molecule has 2 nitrogen and oxygen atoms in total. The Kier molecular flexibility index (Phi) is 5.70. The van der Waals surface area contributed by atoms with E-state index in [-0.39, 0.29) is 0 Å². The summed E-state index contributed by atoms with van der Waals surface area (Å²) in [6, 6.07) is 0.748. The van der Waals surface area contributed by atoms with E-state index >= 15 is 0 Å². The van der Waals surface area contributed by atoms with E-state index in [4.69, 9.17) is 4.74 Å². The first-order valence-electron chi connectivity index (χ1n) is 8.40. The maximum atomic E-state index is 6.03. The summed E-state index contributed by atoms with van der Waals surface area (Å²) in [4.78, 5) is 0. The minimum Gasteiger partial charge on any atom is -0.377 e. The first-order valence-corrected chi connectivity index (χ1v) is 8.40. The Bertz CT molecular complexity index is 254. The predicted octanol–water partition coefficient (Wildman–Crippen LogP) is 4.14. The molecular formula is C17H33NO. The van der Waals surface area contributed by atoms with Crippen molar-refractivity contribution < 1.29 is 4.74 Å². The van der Waals surface area contributed by atoms with E-state index in [1.807, 2.05) is 0 Å². The van der Waals surface area contributed by atoms with Crippen LogP contribution in [-0.4, -0.2) is 25.3 Å². The minimum atomic E-state index is 0.528. The normalized spacial score (nSPS) is 32.4. The summed E-state index contributed by atoms with van der Waals surface area (Å²) in [7, 11) is 0. The summed E-state index contributed by atoms with van der Waals surface area (Å²) in [6.45, 7) is 9.09. The molecule has 0 amide bonds. The van der Waals surface area contributed by atoms with Crippen molar-refractivity contribution in [3.05, 3.63) is 0 Å². The summed E-state index contributed by atoms with van der Waals surface area (Å²) in [5.74, 6) is 0.910. The molecule has 1 N–H and O–H groups in total. The van der Waals surface area contributed by atoms with Gasteiger partial charge in [0.15, 0.2) is 0 Å². The molecule has 2 saturated carbocycles. The van der Waals surface area contributed by atoms with E-state index < -0.39 is 0 Å². The van der Waals surface area contributed by atoms with Gasteiger partial charge in [0.1, 0.15) is 0 Å². The van der Waals surface area contributed by atoms with E-state index in [1.165, 1.54) is 51.4 Å².